The second-order valence-electron chi connectivity index (χ2n) is 6.02. The van der Waals surface area contributed by atoms with Gasteiger partial charge in [0.1, 0.15) is 5.60 Å². The van der Waals surface area contributed by atoms with Crippen LogP contribution in [0.2, 0.25) is 0 Å². The summed E-state index contributed by atoms with van der Waals surface area (Å²) in [5, 5.41) is 0. The molecule has 0 N–H and O–H groups in total. The van der Waals surface area contributed by atoms with Gasteiger partial charge in [-0.15, -0.1) is 0 Å². The van der Waals surface area contributed by atoms with E-state index in [0.717, 1.165) is 21.2 Å². The minimum atomic E-state index is -0.477. The maximum Gasteiger partial charge on any atom is 0.410 e. The van der Waals surface area contributed by atoms with Crippen molar-refractivity contribution in [1.29, 1.82) is 0 Å². The predicted octanol–water partition coefficient (Wildman–Crippen LogP) is 4.32. The van der Waals surface area contributed by atoms with Gasteiger partial charge in [-0.2, -0.15) is 0 Å². The molecule has 4 nitrogen and oxygen atoms in total. The molecule has 0 spiro atoms. The van der Waals surface area contributed by atoms with Gasteiger partial charge in [0.05, 0.1) is 19.9 Å². The van der Waals surface area contributed by atoms with Crippen LogP contribution in [0.3, 0.4) is 0 Å². The van der Waals surface area contributed by atoms with E-state index in [1.54, 1.807) is 18.3 Å². The Hall–Kier alpha value is -1.49. The highest BCUT2D eigenvalue weighted by Gasteiger charge is 2.29. The third kappa shape index (κ3) is 4.00. The van der Waals surface area contributed by atoms with Crippen molar-refractivity contribution in [1.82, 2.24) is 4.90 Å². The molecule has 1 aliphatic rings. The molecule has 114 valence electrons. The first kappa shape index (κ1) is 15.9. The average Bonchev–Trinajstić information content (AvgIpc) is 2.79. The van der Waals surface area contributed by atoms with Crippen LogP contribution in [0, 0.1) is 0 Å². The average molecular weight is 354 g/mol. The lowest BCUT2D eigenvalue weighted by Crippen LogP contribution is -2.33. The van der Waals surface area contributed by atoms with Gasteiger partial charge in [-0.3, -0.25) is 4.90 Å². The maximum absolute atomic E-state index is 12.2. The van der Waals surface area contributed by atoms with Gasteiger partial charge in [-0.25, -0.2) is 4.79 Å². The summed E-state index contributed by atoms with van der Waals surface area (Å²) in [6, 6.07) is 4.09. The summed E-state index contributed by atoms with van der Waals surface area (Å²) in [6.07, 6.45) is 3.25. The van der Waals surface area contributed by atoms with Crippen molar-refractivity contribution in [3.05, 3.63) is 39.6 Å². The van der Waals surface area contributed by atoms with Crippen LogP contribution in [-0.4, -0.2) is 23.7 Å². The van der Waals surface area contributed by atoms with Crippen molar-refractivity contribution in [2.75, 3.05) is 7.11 Å². The van der Waals surface area contributed by atoms with Gasteiger partial charge >= 0.3 is 6.09 Å². The van der Waals surface area contributed by atoms with Gasteiger partial charge in [0.15, 0.2) is 0 Å². The number of nitrogens with zero attached hydrogens (tertiary/aromatic N) is 1. The van der Waals surface area contributed by atoms with Crippen LogP contribution in [-0.2, 0) is 22.6 Å². The van der Waals surface area contributed by atoms with Gasteiger partial charge in [0.2, 0.25) is 0 Å². The highest BCUT2D eigenvalue weighted by atomic mass is 79.9. The lowest BCUT2D eigenvalue weighted by Gasteiger charge is -2.24. The van der Waals surface area contributed by atoms with Crippen molar-refractivity contribution in [2.45, 2.75) is 39.5 Å². The third-order valence-corrected chi connectivity index (χ3v) is 3.78. The molecule has 21 heavy (non-hydrogen) atoms. The van der Waals surface area contributed by atoms with Crippen molar-refractivity contribution in [3.8, 4) is 0 Å². The van der Waals surface area contributed by atoms with Crippen molar-refractivity contribution >= 4 is 28.1 Å². The predicted molar refractivity (Wildman–Crippen MR) is 85.7 cm³/mol. The molecule has 0 unspecified atom stereocenters. The zero-order valence-electron chi connectivity index (χ0n) is 12.8. The summed E-state index contributed by atoms with van der Waals surface area (Å²) < 4.78 is 11.4. The number of halogens is 1. The second kappa shape index (κ2) is 6.10. The molecule has 0 saturated heterocycles. The molecule has 1 aliphatic heterocycles. The molecule has 1 amide bonds. The van der Waals surface area contributed by atoms with Crippen LogP contribution >= 0.6 is 15.9 Å². The Morgan fingerprint density at radius 2 is 2.05 bits per heavy atom. The van der Waals surface area contributed by atoms with Crippen molar-refractivity contribution in [2.24, 2.45) is 0 Å². The van der Waals surface area contributed by atoms with Gasteiger partial charge in [0.25, 0.3) is 0 Å². The summed E-state index contributed by atoms with van der Waals surface area (Å²) in [5.74, 6) is 0. The monoisotopic (exact) mass is 353 g/mol. The normalized spacial score (nSPS) is 14.4. The van der Waals surface area contributed by atoms with Crippen LogP contribution in [0.5, 0.6) is 0 Å². The van der Waals surface area contributed by atoms with E-state index in [-0.39, 0.29) is 6.09 Å². The molecule has 0 aromatic heterocycles. The number of hydrogen-bond donors (Lipinski definition) is 0. The quantitative estimate of drug-likeness (QED) is 0.743. The SMILES string of the molecule is COC=Cc1cc(Br)c2c(c1)CN(C(=O)OC(C)(C)C)C2. The molecule has 0 atom stereocenters. The van der Waals surface area contributed by atoms with Gasteiger partial charge in [0, 0.05) is 11.0 Å². The summed E-state index contributed by atoms with van der Waals surface area (Å²) in [5.41, 5.74) is 2.82. The minimum absolute atomic E-state index is 0.278. The molecule has 0 saturated carbocycles. The number of ether oxygens (including phenoxy) is 2. The molecule has 0 bridgehead atoms. The first-order valence-corrected chi connectivity index (χ1v) is 7.58. The largest absolute Gasteiger partial charge is 0.504 e. The van der Waals surface area contributed by atoms with Crippen LogP contribution in [0.4, 0.5) is 4.79 Å². The van der Waals surface area contributed by atoms with E-state index in [2.05, 4.69) is 22.0 Å². The first-order chi connectivity index (χ1) is 9.80. The third-order valence-electron chi connectivity index (χ3n) is 3.07. The van der Waals surface area contributed by atoms with E-state index in [9.17, 15) is 4.79 Å². The Labute approximate surface area is 133 Å². The summed E-state index contributed by atoms with van der Waals surface area (Å²) in [4.78, 5) is 13.9. The Kier molecular flexibility index (Phi) is 4.61. The zero-order valence-corrected chi connectivity index (χ0v) is 14.4. The van der Waals surface area contributed by atoms with Crippen molar-refractivity contribution in [3.63, 3.8) is 0 Å². The number of amides is 1. The molecule has 2 rings (SSSR count). The smallest absolute Gasteiger partial charge is 0.410 e. The summed E-state index contributed by atoms with van der Waals surface area (Å²) in [6.45, 7) is 6.75. The number of rotatable bonds is 2. The topological polar surface area (TPSA) is 38.8 Å². The summed E-state index contributed by atoms with van der Waals surface area (Å²) in [7, 11) is 1.61. The van der Waals surface area contributed by atoms with E-state index in [0.29, 0.717) is 13.1 Å². The number of carbonyl (C=O) groups excluding carboxylic acids is 1. The van der Waals surface area contributed by atoms with Crippen molar-refractivity contribution < 1.29 is 14.3 Å². The maximum atomic E-state index is 12.2. The number of methoxy groups -OCH3 is 1. The Morgan fingerprint density at radius 1 is 1.33 bits per heavy atom. The van der Waals surface area contributed by atoms with E-state index < -0.39 is 5.60 Å². The zero-order chi connectivity index (χ0) is 15.6. The number of hydrogen-bond acceptors (Lipinski definition) is 3. The minimum Gasteiger partial charge on any atom is -0.504 e. The molecular weight excluding hydrogens is 334 g/mol. The Bertz CT molecular complexity index is 576. The molecule has 1 aromatic carbocycles. The van der Waals surface area contributed by atoms with Gasteiger partial charge < -0.3 is 9.47 Å². The molecule has 1 heterocycles. The lowest BCUT2D eigenvalue weighted by molar-refractivity contribution is 0.0241. The molecule has 0 radical (unpaired) electrons. The number of fused-ring (bicyclic) bond motifs is 1. The fourth-order valence-electron chi connectivity index (χ4n) is 2.19. The fraction of sp³-hybridized carbons (Fsp3) is 0.438. The molecule has 0 aliphatic carbocycles. The summed E-state index contributed by atoms with van der Waals surface area (Å²) >= 11 is 3.57. The standard InChI is InChI=1S/C16H20BrNO3/c1-16(2,3)21-15(19)18-9-12-7-11(5-6-20-4)8-14(17)13(12)10-18/h5-8H,9-10H2,1-4H3. The fourth-order valence-corrected chi connectivity index (χ4v) is 2.83. The van der Waals surface area contributed by atoms with E-state index in [4.69, 9.17) is 9.47 Å². The number of carbonyl (C=O) groups is 1. The van der Waals surface area contributed by atoms with Crippen LogP contribution < -0.4 is 0 Å². The van der Waals surface area contributed by atoms with Gasteiger partial charge in [-0.05, 0) is 55.7 Å². The van der Waals surface area contributed by atoms with E-state index >= 15 is 0 Å². The second-order valence-corrected chi connectivity index (χ2v) is 6.87. The lowest BCUT2D eigenvalue weighted by atomic mass is 10.1. The highest BCUT2D eigenvalue weighted by Crippen LogP contribution is 2.32. The molecule has 1 aromatic rings. The van der Waals surface area contributed by atoms with Crippen LogP contribution in [0.15, 0.2) is 22.9 Å². The van der Waals surface area contributed by atoms with Crippen LogP contribution in [0.25, 0.3) is 6.08 Å². The van der Waals surface area contributed by atoms with E-state index in [1.807, 2.05) is 32.9 Å². The highest BCUT2D eigenvalue weighted by molar-refractivity contribution is 9.10. The Balaban J connectivity index is 2.17. The molecular formula is C16H20BrNO3. The van der Waals surface area contributed by atoms with Crippen LogP contribution in [0.1, 0.15) is 37.5 Å². The van der Waals surface area contributed by atoms with E-state index in [1.165, 1.54) is 0 Å². The molecule has 5 heteroatoms. The Morgan fingerprint density at radius 3 is 2.67 bits per heavy atom. The first-order valence-electron chi connectivity index (χ1n) is 6.79. The number of benzene rings is 1. The van der Waals surface area contributed by atoms with Gasteiger partial charge in [-0.1, -0.05) is 15.9 Å². The molecule has 0 fully saturated rings.